The fourth-order valence-corrected chi connectivity index (χ4v) is 4.20. The molecular weight excluding hydrogens is 280 g/mol. The Morgan fingerprint density at radius 3 is 2.55 bits per heavy atom. The molecule has 0 saturated carbocycles. The second-order valence-electron chi connectivity index (χ2n) is 5.43. The maximum Gasteiger partial charge on any atom is 0.0789 e. The first-order valence-electron chi connectivity index (χ1n) is 6.67. The predicted octanol–water partition coefficient (Wildman–Crippen LogP) is 4.47. The minimum absolute atomic E-state index is 0.142. The fraction of sp³-hybridized carbons (Fsp3) is 0.118. The second-order valence-corrected chi connectivity index (χ2v) is 7.92. The molecule has 3 aromatic rings. The van der Waals surface area contributed by atoms with Gasteiger partial charge in [0.05, 0.1) is 5.69 Å². The van der Waals surface area contributed by atoms with E-state index < -0.39 is 0 Å². The molecule has 0 saturated heterocycles. The van der Waals surface area contributed by atoms with Crippen LogP contribution in [-0.2, 0) is 4.90 Å². The number of nitrogens with zero attached hydrogens (tertiary/aromatic N) is 1. The number of fused-ring (bicyclic) bond motifs is 2. The normalized spacial score (nSPS) is 15.2. The van der Waals surface area contributed by atoms with Crippen molar-refractivity contribution in [2.24, 2.45) is 0 Å². The van der Waals surface area contributed by atoms with E-state index in [1.807, 2.05) is 6.20 Å². The molecule has 0 bridgehead atoms. The summed E-state index contributed by atoms with van der Waals surface area (Å²) in [5.74, 6) is 0. The van der Waals surface area contributed by atoms with Gasteiger partial charge in [0.2, 0.25) is 0 Å². The van der Waals surface area contributed by atoms with E-state index in [1.54, 1.807) is 0 Å². The molecular formula is C17H15NP2. The minimum Gasteiger partial charge on any atom is -0.256 e. The van der Waals surface area contributed by atoms with Crippen molar-refractivity contribution in [3.05, 3.63) is 65.4 Å². The van der Waals surface area contributed by atoms with E-state index >= 15 is 0 Å². The molecule has 1 nitrogen and oxygen atoms in total. The van der Waals surface area contributed by atoms with Gasteiger partial charge >= 0.3 is 0 Å². The van der Waals surface area contributed by atoms with Crippen molar-refractivity contribution >= 4 is 29.3 Å². The Labute approximate surface area is 123 Å². The number of benzene rings is 2. The van der Waals surface area contributed by atoms with E-state index in [0.29, 0.717) is 0 Å². The van der Waals surface area contributed by atoms with Gasteiger partial charge in [0.25, 0.3) is 0 Å². The zero-order valence-corrected chi connectivity index (χ0v) is 13.5. The lowest BCUT2D eigenvalue weighted by atomic mass is 9.84. The van der Waals surface area contributed by atoms with Gasteiger partial charge in [0, 0.05) is 22.0 Å². The third kappa shape index (κ3) is 1.48. The summed E-state index contributed by atoms with van der Waals surface area (Å²) in [7, 11) is 6.02. The zero-order chi connectivity index (χ0) is 13.9. The number of rotatable bonds is 0. The summed E-state index contributed by atoms with van der Waals surface area (Å²) in [6.07, 6.45) is 1.91. The van der Waals surface area contributed by atoms with Crippen LogP contribution in [0, 0.1) is 6.92 Å². The molecule has 1 aliphatic carbocycles. The van der Waals surface area contributed by atoms with Gasteiger partial charge in [0.1, 0.15) is 0 Å². The third-order valence-electron chi connectivity index (χ3n) is 4.19. The maximum atomic E-state index is 4.69. The standard InChI is InChI=1S/C17H15NP2/c1-10-4-2-6-12-14(10)16-15-11(8-9-18-16)5-3-7-13(15)17(12,19)20/h2-9H,19-20H2,1H3. The van der Waals surface area contributed by atoms with Gasteiger partial charge in [0.15, 0.2) is 0 Å². The molecule has 1 heterocycles. The monoisotopic (exact) mass is 295 g/mol. The molecule has 4 rings (SSSR count). The van der Waals surface area contributed by atoms with Gasteiger partial charge in [-0.05, 0) is 35.1 Å². The van der Waals surface area contributed by atoms with Gasteiger partial charge in [-0.1, -0.05) is 36.4 Å². The van der Waals surface area contributed by atoms with Crippen LogP contribution in [0.3, 0.4) is 0 Å². The number of pyridine rings is 1. The zero-order valence-electron chi connectivity index (χ0n) is 11.2. The lowest BCUT2D eigenvalue weighted by Crippen LogP contribution is -2.18. The van der Waals surface area contributed by atoms with Crippen LogP contribution in [0.5, 0.6) is 0 Å². The Hall–Kier alpha value is -1.29. The average Bonchev–Trinajstić information content (AvgIpc) is 2.45. The van der Waals surface area contributed by atoms with Crippen LogP contribution in [0.2, 0.25) is 0 Å². The highest BCUT2D eigenvalue weighted by atomic mass is 31.1. The van der Waals surface area contributed by atoms with E-state index in [1.165, 1.54) is 33.0 Å². The molecule has 3 heteroatoms. The van der Waals surface area contributed by atoms with Crippen LogP contribution in [0.1, 0.15) is 16.7 Å². The Morgan fingerprint density at radius 1 is 0.950 bits per heavy atom. The quantitative estimate of drug-likeness (QED) is 0.557. The molecule has 0 aliphatic heterocycles. The highest BCUT2D eigenvalue weighted by Gasteiger charge is 2.34. The van der Waals surface area contributed by atoms with Gasteiger partial charge < -0.3 is 0 Å². The van der Waals surface area contributed by atoms with E-state index in [4.69, 9.17) is 0 Å². The number of aryl methyl sites for hydroxylation is 1. The highest BCUT2D eigenvalue weighted by molar-refractivity contribution is 7.39. The molecule has 0 amide bonds. The molecule has 0 radical (unpaired) electrons. The number of hydrogen-bond acceptors (Lipinski definition) is 1. The van der Waals surface area contributed by atoms with E-state index in [-0.39, 0.29) is 4.90 Å². The number of aromatic nitrogens is 1. The lowest BCUT2D eigenvalue weighted by molar-refractivity contribution is 1.06. The van der Waals surface area contributed by atoms with Crippen LogP contribution in [-0.4, -0.2) is 4.98 Å². The summed E-state index contributed by atoms with van der Waals surface area (Å²) in [5.41, 5.74) is 6.30. The van der Waals surface area contributed by atoms with Crippen LogP contribution in [0.15, 0.2) is 48.7 Å². The summed E-state index contributed by atoms with van der Waals surface area (Å²) >= 11 is 0. The van der Waals surface area contributed by atoms with Gasteiger partial charge in [-0.3, -0.25) is 4.98 Å². The Kier molecular flexibility index (Phi) is 2.56. The predicted molar refractivity (Wildman–Crippen MR) is 92.1 cm³/mol. The highest BCUT2D eigenvalue weighted by Crippen LogP contribution is 2.55. The molecule has 0 fully saturated rings. The van der Waals surface area contributed by atoms with Crippen molar-refractivity contribution < 1.29 is 0 Å². The summed E-state index contributed by atoms with van der Waals surface area (Å²) in [4.78, 5) is 4.54. The van der Waals surface area contributed by atoms with Gasteiger partial charge in [-0.2, -0.15) is 0 Å². The topological polar surface area (TPSA) is 12.9 Å². The van der Waals surface area contributed by atoms with E-state index in [0.717, 1.165) is 5.69 Å². The summed E-state index contributed by atoms with van der Waals surface area (Å²) in [6.45, 7) is 2.17. The maximum absolute atomic E-state index is 4.69. The molecule has 0 spiro atoms. The molecule has 1 aromatic heterocycles. The summed E-state index contributed by atoms with van der Waals surface area (Å²) < 4.78 is 0. The van der Waals surface area contributed by atoms with Crippen molar-refractivity contribution in [2.45, 2.75) is 11.8 Å². The van der Waals surface area contributed by atoms with Crippen LogP contribution in [0.4, 0.5) is 0 Å². The SMILES string of the molecule is Cc1cccc2c1-c1nccc3cccc(c13)C2(P)P. The van der Waals surface area contributed by atoms with Crippen LogP contribution >= 0.6 is 18.5 Å². The molecule has 1 aliphatic rings. The molecule has 2 atom stereocenters. The summed E-state index contributed by atoms with van der Waals surface area (Å²) in [5, 5.41) is 2.54. The van der Waals surface area contributed by atoms with Crippen molar-refractivity contribution in [3.8, 4) is 11.3 Å². The van der Waals surface area contributed by atoms with Crippen molar-refractivity contribution in [3.63, 3.8) is 0 Å². The Morgan fingerprint density at radius 2 is 1.70 bits per heavy atom. The average molecular weight is 295 g/mol. The molecule has 98 valence electrons. The van der Waals surface area contributed by atoms with Gasteiger partial charge in [-0.15, -0.1) is 18.5 Å². The third-order valence-corrected chi connectivity index (χ3v) is 5.44. The molecule has 2 aromatic carbocycles. The van der Waals surface area contributed by atoms with E-state index in [9.17, 15) is 0 Å². The number of hydrogen-bond donors (Lipinski definition) is 0. The first-order valence-corrected chi connectivity index (χ1v) is 7.82. The Balaban J connectivity index is 2.30. The first kappa shape index (κ1) is 12.5. The fourth-order valence-electron chi connectivity index (χ4n) is 3.24. The van der Waals surface area contributed by atoms with Gasteiger partial charge in [-0.25, -0.2) is 0 Å². The molecule has 20 heavy (non-hydrogen) atoms. The Bertz CT molecular complexity index is 847. The molecule has 0 N–H and O–H groups in total. The van der Waals surface area contributed by atoms with Crippen LogP contribution < -0.4 is 0 Å². The minimum atomic E-state index is -0.142. The van der Waals surface area contributed by atoms with Crippen molar-refractivity contribution in [1.29, 1.82) is 0 Å². The van der Waals surface area contributed by atoms with Crippen molar-refractivity contribution in [1.82, 2.24) is 4.98 Å². The van der Waals surface area contributed by atoms with Crippen molar-refractivity contribution in [2.75, 3.05) is 0 Å². The largest absolute Gasteiger partial charge is 0.256 e. The lowest BCUT2D eigenvalue weighted by Gasteiger charge is -2.34. The summed E-state index contributed by atoms with van der Waals surface area (Å²) in [6, 6.07) is 15.1. The van der Waals surface area contributed by atoms with Crippen LogP contribution in [0.25, 0.3) is 22.0 Å². The smallest absolute Gasteiger partial charge is 0.0789 e. The first-order chi connectivity index (χ1) is 9.60. The van der Waals surface area contributed by atoms with E-state index in [2.05, 4.69) is 72.9 Å². The molecule has 2 unspecified atom stereocenters. The second kappa shape index (κ2) is 4.10.